The average molecular weight is 290 g/mol. The van der Waals surface area contributed by atoms with Crippen molar-refractivity contribution in [2.75, 3.05) is 14.2 Å². The lowest BCUT2D eigenvalue weighted by Gasteiger charge is -2.10. The van der Waals surface area contributed by atoms with Gasteiger partial charge in [-0.1, -0.05) is 32.1 Å². The van der Waals surface area contributed by atoms with Crippen molar-refractivity contribution in [2.24, 2.45) is 5.92 Å². The van der Waals surface area contributed by atoms with Crippen molar-refractivity contribution in [1.82, 2.24) is 0 Å². The third-order valence-corrected chi connectivity index (χ3v) is 2.95. The zero-order valence-electron chi connectivity index (χ0n) is 13.7. The van der Waals surface area contributed by atoms with E-state index in [0.29, 0.717) is 11.5 Å². The topological polar surface area (TPSA) is 35.5 Å². The molecule has 0 N–H and O–H groups in total. The second-order valence-corrected chi connectivity index (χ2v) is 4.44. The molecule has 0 spiro atoms. The number of carbonyl (C=O) groups excluding carboxylic acids is 1. The second kappa shape index (κ2) is 10.7. The molecule has 3 nitrogen and oxygen atoms in total. The lowest BCUT2D eigenvalue weighted by atomic mass is 10.1. The van der Waals surface area contributed by atoms with Gasteiger partial charge in [0.1, 0.15) is 0 Å². The Kier molecular flexibility index (Phi) is 9.69. The first-order valence-electron chi connectivity index (χ1n) is 7.04. The van der Waals surface area contributed by atoms with Crippen molar-refractivity contribution in [3.8, 4) is 0 Å². The van der Waals surface area contributed by atoms with Crippen LogP contribution in [0.4, 0.5) is 0 Å². The van der Waals surface area contributed by atoms with Crippen molar-refractivity contribution in [3.63, 3.8) is 0 Å². The molecule has 0 fully saturated rings. The molecule has 1 unspecified atom stereocenters. The SMILES string of the molecule is C=CC(C)C(=O)/C=C/C(=CC)/C=C(OC)\C(=C/CC)OC. The largest absolute Gasteiger partial charge is 0.493 e. The molecule has 0 aromatic heterocycles. The maximum Gasteiger partial charge on any atom is 0.162 e. The molecule has 0 rings (SSSR count). The van der Waals surface area contributed by atoms with E-state index in [0.717, 1.165) is 12.0 Å². The number of rotatable bonds is 9. The van der Waals surface area contributed by atoms with E-state index >= 15 is 0 Å². The summed E-state index contributed by atoms with van der Waals surface area (Å²) in [5.41, 5.74) is 0.871. The number of hydrogen-bond acceptors (Lipinski definition) is 3. The summed E-state index contributed by atoms with van der Waals surface area (Å²) in [6.07, 6.45) is 11.5. The highest BCUT2D eigenvalue weighted by Crippen LogP contribution is 2.16. The van der Waals surface area contributed by atoms with E-state index in [9.17, 15) is 4.79 Å². The normalized spacial score (nSPS) is 15.0. The number of methoxy groups -OCH3 is 2. The van der Waals surface area contributed by atoms with E-state index in [1.165, 1.54) is 0 Å². The third-order valence-electron chi connectivity index (χ3n) is 2.95. The van der Waals surface area contributed by atoms with E-state index in [4.69, 9.17) is 9.47 Å². The molecule has 0 aliphatic rings. The van der Waals surface area contributed by atoms with Gasteiger partial charge < -0.3 is 9.47 Å². The van der Waals surface area contributed by atoms with Gasteiger partial charge in [-0.2, -0.15) is 0 Å². The predicted octanol–water partition coefficient (Wildman–Crippen LogP) is 4.35. The Balaban J connectivity index is 5.24. The van der Waals surface area contributed by atoms with E-state index in [-0.39, 0.29) is 11.7 Å². The molecule has 21 heavy (non-hydrogen) atoms. The summed E-state index contributed by atoms with van der Waals surface area (Å²) in [4.78, 5) is 11.8. The average Bonchev–Trinajstić information content (AvgIpc) is 2.52. The first-order chi connectivity index (χ1) is 10.0. The summed E-state index contributed by atoms with van der Waals surface area (Å²) in [5, 5.41) is 0. The van der Waals surface area contributed by atoms with Crippen LogP contribution in [-0.4, -0.2) is 20.0 Å². The molecule has 0 saturated heterocycles. The fraction of sp³-hybridized carbons (Fsp3) is 0.389. The van der Waals surface area contributed by atoms with Crippen LogP contribution in [0.2, 0.25) is 0 Å². The van der Waals surface area contributed by atoms with Crippen molar-refractivity contribution in [1.29, 1.82) is 0 Å². The quantitative estimate of drug-likeness (QED) is 0.274. The second-order valence-electron chi connectivity index (χ2n) is 4.44. The number of ketones is 1. The Morgan fingerprint density at radius 1 is 1.19 bits per heavy atom. The maximum atomic E-state index is 11.8. The van der Waals surface area contributed by atoms with Crippen LogP contribution in [0.1, 0.15) is 27.2 Å². The van der Waals surface area contributed by atoms with Crippen LogP contribution >= 0.6 is 0 Å². The van der Waals surface area contributed by atoms with Crippen LogP contribution in [-0.2, 0) is 14.3 Å². The summed E-state index contributed by atoms with van der Waals surface area (Å²) in [5.74, 6) is 1.15. The zero-order valence-corrected chi connectivity index (χ0v) is 13.7. The molecule has 0 saturated carbocycles. The van der Waals surface area contributed by atoms with Gasteiger partial charge in [0.2, 0.25) is 0 Å². The molecule has 116 valence electrons. The third kappa shape index (κ3) is 6.80. The summed E-state index contributed by atoms with van der Waals surface area (Å²) in [6, 6.07) is 0. The minimum Gasteiger partial charge on any atom is -0.493 e. The molecule has 0 amide bonds. The summed E-state index contributed by atoms with van der Waals surface area (Å²) >= 11 is 0. The van der Waals surface area contributed by atoms with Gasteiger partial charge in [0.15, 0.2) is 17.3 Å². The van der Waals surface area contributed by atoms with Gasteiger partial charge in [0.25, 0.3) is 0 Å². The van der Waals surface area contributed by atoms with Crippen LogP contribution in [0.3, 0.4) is 0 Å². The van der Waals surface area contributed by atoms with Gasteiger partial charge in [-0.15, -0.1) is 6.58 Å². The Bertz CT molecular complexity index is 465. The van der Waals surface area contributed by atoms with Gasteiger partial charge >= 0.3 is 0 Å². The van der Waals surface area contributed by atoms with Crippen LogP contribution < -0.4 is 0 Å². The van der Waals surface area contributed by atoms with E-state index in [1.54, 1.807) is 32.4 Å². The smallest absolute Gasteiger partial charge is 0.162 e. The fourth-order valence-electron chi connectivity index (χ4n) is 1.53. The number of hydrogen-bond donors (Lipinski definition) is 0. The lowest BCUT2D eigenvalue weighted by molar-refractivity contribution is -0.116. The molecular weight excluding hydrogens is 264 g/mol. The van der Waals surface area contributed by atoms with Gasteiger partial charge in [0.05, 0.1) is 14.2 Å². The standard InChI is InChI=1S/C18H26O3/c1-7-10-17(20-5)18(21-6)13-15(9-3)11-12-16(19)14(4)8-2/h8-14H,2,7H2,1,3-6H3/b12-11+,15-9?,17-10+,18-13+. The highest BCUT2D eigenvalue weighted by Gasteiger charge is 2.07. The number of allylic oxidation sites excluding steroid dienone is 7. The van der Waals surface area contributed by atoms with Crippen molar-refractivity contribution >= 4 is 5.78 Å². The Hall–Kier alpha value is -2.03. The number of carbonyl (C=O) groups is 1. The molecule has 0 radical (unpaired) electrons. The predicted molar refractivity (Wildman–Crippen MR) is 87.7 cm³/mol. The van der Waals surface area contributed by atoms with E-state index < -0.39 is 0 Å². The molecule has 1 atom stereocenters. The Labute approximate surface area is 128 Å². The maximum absolute atomic E-state index is 11.8. The molecule has 0 heterocycles. The minimum absolute atomic E-state index is 0.0211. The first-order valence-corrected chi connectivity index (χ1v) is 7.04. The lowest BCUT2D eigenvalue weighted by Crippen LogP contribution is -2.03. The molecular formula is C18H26O3. The molecule has 0 aromatic carbocycles. The first kappa shape index (κ1) is 19.0. The molecule has 3 heteroatoms. The van der Waals surface area contributed by atoms with Gasteiger partial charge in [-0.3, -0.25) is 4.79 Å². The Morgan fingerprint density at radius 3 is 2.24 bits per heavy atom. The van der Waals surface area contributed by atoms with Crippen molar-refractivity contribution in [3.05, 3.63) is 60.1 Å². The van der Waals surface area contributed by atoms with Crippen LogP contribution in [0.25, 0.3) is 0 Å². The van der Waals surface area contributed by atoms with Gasteiger partial charge in [-0.05, 0) is 37.1 Å². The van der Waals surface area contributed by atoms with E-state index in [2.05, 4.69) is 6.58 Å². The van der Waals surface area contributed by atoms with Crippen LogP contribution in [0, 0.1) is 5.92 Å². The van der Waals surface area contributed by atoms with Crippen LogP contribution in [0.15, 0.2) is 60.1 Å². The van der Waals surface area contributed by atoms with Crippen molar-refractivity contribution < 1.29 is 14.3 Å². The molecule has 0 bridgehead atoms. The molecule has 0 aliphatic heterocycles. The monoisotopic (exact) mass is 290 g/mol. The summed E-state index contributed by atoms with van der Waals surface area (Å²) < 4.78 is 10.7. The van der Waals surface area contributed by atoms with Crippen molar-refractivity contribution in [2.45, 2.75) is 27.2 Å². The molecule has 0 aliphatic carbocycles. The zero-order chi connectivity index (χ0) is 16.3. The number of ether oxygens (including phenoxy) is 2. The highest BCUT2D eigenvalue weighted by molar-refractivity contribution is 5.93. The highest BCUT2D eigenvalue weighted by atomic mass is 16.5. The minimum atomic E-state index is -0.181. The van der Waals surface area contributed by atoms with Gasteiger partial charge in [-0.25, -0.2) is 0 Å². The van der Waals surface area contributed by atoms with Gasteiger partial charge in [0, 0.05) is 5.92 Å². The fourth-order valence-corrected chi connectivity index (χ4v) is 1.53. The molecule has 0 aromatic rings. The summed E-state index contributed by atoms with van der Waals surface area (Å²) in [7, 11) is 3.20. The van der Waals surface area contributed by atoms with Crippen LogP contribution in [0.5, 0.6) is 0 Å². The van der Waals surface area contributed by atoms with E-state index in [1.807, 2.05) is 39.0 Å². The summed E-state index contributed by atoms with van der Waals surface area (Å²) in [6.45, 7) is 9.37. The Morgan fingerprint density at radius 2 is 1.81 bits per heavy atom.